The standard InChI is InChI=1S/C14H19N3O3S/c1-5-11-8-12(6-7-13(11)20-4)17-21(18,19)14-9(2)15-16-10(14)3/h6-8,17H,5H2,1-4H3,(H,15,16). The van der Waals surface area contributed by atoms with Gasteiger partial charge in [-0.2, -0.15) is 5.10 Å². The van der Waals surface area contributed by atoms with Crippen LogP contribution in [-0.4, -0.2) is 25.7 Å². The molecule has 0 fully saturated rings. The maximum absolute atomic E-state index is 12.5. The Kier molecular flexibility index (Phi) is 4.22. The van der Waals surface area contributed by atoms with Gasteiger partial charge in [0.2, 0.25) is 0 Å². The molecule has 0 aliphatic carbocycles. The second kappa shape index (κ2) is 5.77. The molecule has 7 heteroatoms. The van der Waals surface area contributed by atoms with Crippen LogP contribution in [-0.2, 0) is 16.4 Å². The van der Waals surface area contributed by atoms with Crippen molar-refractivity contribution in [2.24, 2.45) is 0 Å². The molecule has 114 valence electrons. The van der Waals surface area contributed by atoms with E-state index in [0.29, 0.717) is 17.1 Å². The van der Waals surface area contributed by atoms with Crippen molar-refractivity contribution >= 4 is 15.7 Å². The number of aromatic nitrogens is 2. The van der Waals surface area contributed by atoms with E-state index in [0.717, 1.165) is 17.7 Å². The lowest BCUT2D eigenvalue weighted by Gasteiger charge is -2.12. The van der Waals surface area contributed by atoms with Gasteiger partial charge in [0.25, 0.3) is 10.0 Å². The number of benzene rings is 1. The first kappa shape index (κ1) is 15.4. The van der Waals surface area contributed by atoms with Crippen molar-refractivity contribution < 1.29 is 13.2 Å². The van der Waals surface area contributed by atoms with E-state index in [2.05, 4.69) is 14.9 Å². The predicted molar refractivity (Wildman–Crippen MR) is 81.2 cm³/mol. The van der Waals surface area contributed by atoms with Crippen molar-refractivity contribution in [1.29, 1.82) is 0 Å². The van der Waals surface area contributed by atoms with Crippen molar-refractivity contribution in [1.82, 2.24) is 10.2 Å². The van der Waals surface area contributed by atoms with Gasteiger partial charge in [0.15, 0.2) is 0 Å². The van der Waals surface area contributed by atoms with Crippen LogP contribution in [0.2, 0.25) is 0 Å². The fourth-order valence-corrected chi connectivity index (χ4v) is 3.68. The minimum absolute atomic E-state index is 0.191. The number of aromatic amines is 1. The molecule has 0 unspecified atom stereocenters. The summed E-state index contributed by atoms with van der Waals surface area (Å²) >= 11 is 0. The fourth-order valence-electron chi connectivity index (χ4n) is 2.26. The summed E-state index contributed by atoms with van der Waals surface area (Å²) in [5.41, 5.74) is 2.42. The van der Waals surface area contributed by atoms with Gasteiger partial charge in [0, 0.05) is 5.69 Å². The summed E-state index contributed by atoms with van der Waals surface area (Å²) in [6.45, 7) is 5.32. The van der Waals surface area contributed by atoms with E-state index in [-0.39, 0.29) is 4.90 Å². The molecule has 0 radical (unpaired) electrons. The Bertz CT molecular complexity index is 731. The van der Waals surface area contributed by atoms with E-state index in [1.165, 1.54) is 0 Å². The maximum atomic E-state index is 12.5. The number of ether oxygens (including phenoxy) is 1. The van der Waals surface area contributed by atoms with Crippen molar-refractivity contribution in [3.63, 3.8) is 0 Å². The van der Waals surface area contributed by atoms with Crippen LogP contribution in [0.5, 0.6) is 5.75 Å². The third kappa shape index (κ3) is 3.02. The monoisotopic (exact) mass is 309 g/mol. The van der Waals surface area contributed by atoms with Gasteiger partial charge in [-0.1, -0.05) is 6.92 Å². The van der Waals surface area contributed by atoms with Crippen LogP contribution < -0.4 is 9.46 Å². The molecule has 6 nitrogen and oxygen atoms in total. The molecule has 1 aromatic carbocycles. The Labute approximate surface area is 124 Å². The molecule has 0 amide bonds. The molecular formula is C14H19N3O3S. The normalized spacial score (nSPS) is 11.4. The number of H-pyrrole nitrogens is 1. The second-order valence-corrected chi connectivity index (χ2v) is 6.37. The molecule has 0 saturated carbocycles. The van der Waals surface area contributed by atoms with E-state index in [1.54, 1.807) is 39.2 Å². The third-order valence-electron chi connectivity index (χ3n) is 3.24. The van der Waals surface area contributed by atoms with Crippen molar-refractivity contribution in [2.75, 3.05) is 11.8 Å². The highest BCUT2D eigenvalue weighted by Crippen LogP contribution is 2.26. The van der Waals surface area contributed by atoms with Crippen molar-refractivity contribution in [2.45, 2.75) is 32.1 Å². The Morgan fingerprint density at radius 2 is 2.05 bits per heavy atom. The zero-order valence-corrected chi connectivity index (χ0v) is 13.3. The van der Waals surface area contributed by atoms with Gasteiger partial charge >= 0.3 is 0 Å². The topological polar surface area (TPSA) is 84.1 Å². The van der Waals surface area contributed by atoms with Crippen LogP contribution in [0.1, 0.15) is 23.9 Å². The predicted octanol–water partition coefficient (Wildman–Crippen LogP) is 2.40. The summed E-state index contributed by atoms with van der Waals surface area (Å²) in [7, 11) is -2.07. The second-order valence-electron chi connectivity index (χ2n) is 4.75. The summed E-state index contributed by atoms with van der Waals surface area (Å²) < 4.78 is 32.7. The number of nitrogens with one attached hydrogen (secondary N) is 2. The number of nitrogens with zero attached hydrogens (tertiary/aromatic N) is 1. The molecule has 2 N–H and O–H groups in total. The average molecular weight is 309 g/mol. The molecule has 1 heterocycles. The highest BCUT2D eigenvalue weighted by molar-refractivity contribution is 7.92. The van der Waals surface area contributed by atoms with Crippen LogP contribution in [0.4, 0.5) is 5.69 Å². The van der Waals surface area contributed by atoms with Gasteiger partial charge < -0.3 is 4.74 Å². The molecule has 0 saturated heterocycles. The van der Waals surface area contributed by atoms with Crippen LogP contribution >= 0.6 is 0 Å². The molecule has 0 atom stereocenters. The molecule has 0 aliphatic heterocycles. The SMILES string of the molecule is CCc1cc(NS(=O)(=O)c2c(C)n[nH]c2C)ccc1OC. The molecule has 21 heavy (non-hydrogen) atoms. The number of hydrogen-bond donors (Lipinski definition) is 2. The lowest BCUT2D eigenvalue weighted by Crippen LogP contribution is -2.14. The Morgan fingerprint density at radius 1 is 1.33 bits per heavy atom. The van der Waals surface area contributed by atoms with E-state index in [9.17, 15) is 8.42 Å². The summed E-state index contributed by atoms with van der Waals surface area (Å²) in [5.74, 6) is 0.746. The maximum Gasteiger partial charge on any atom is 0.265 e. The molecule has 2 rings (SSSR count). The van der Waals surface area contributed by atoms with Gasteiger partial charge in [-0.05, 0) is 44.0 Å². The highest BCUT2D eigenvalue weighted by Gasteiger charge is 2.22. The first-order chi connectivity index (χ1) is 9.89. The highest BCUT2D eigenvalue weighted by atomic mass is 32.2. The van der Waals surface area contributed by atoms with Gasteiger partial charge in [0.1, 0.15) is 10.6 Å². The summed E-state index contributed by atoms with van der Waals surface area (Å²) in [4.78, 5) is 0.191. The fraction of sp³-hybridized carbons (Fsp3) is 0.357. The number of hydrogen-bond acceptors (Lipinski definition) is 4. The van der Waals surface area contributed by atoms with Crippen molar-refractivity contribution in [3.05, 3.63) is 35.2 Å². The molecule has 0 bridgehead atoms. The van der Waals surface area contributed by atoms with E-state index < -0.39 is 10.0 Å². The van der Waals surface area contributed by atoms with Gasteiger partial charge in [-0.15, -0.1) is 0 Å². The van der Waals surface area contributed by atoms with Crippen LogP contribution in [0.3, 0.4) is 0 Å². The molecule has 2 aromatic rings. The minimum atomic E-state index is -3.66. The Morgan fingerprint density at radius 3 is 2.57 bits per heavy atom. The average Bonchev–Trinajstić information content (AvgIpc) is 2.78. The minimum Gasteiger partial charge on any atom is -0.496 e. The van der Waals surface area contributed by atoms with E-state index >= 15 is 0 Å². The smallest absolute Gasteiger partial charge is 0.265 e. The number of methoxy groups -OCH3 is 1. The van der Waals surface area contributed by atoms with Crippen LogP contribution in [0.15, 0.2) is 23.1 Å². The van der Waals surface area contributed by atoms with Gasteiger partial charge in [-0.25, -0.2) is 8.42 Å². The van der Waals surface area contributed by atoms with Gasteiger partial charge in [0.05, 0.1) is 18.5 Å². The quantitative estimate of drug-likeness (QED) is 0.888. The van der Waals surface area contributed by atoms with E-state index in [1.807, 2.05) is 6.92 Å². The summed E-state index contributed by atoms with van der Waals surface area (Å²) in [6.07, 6.45) is 0.752. The molecule has 1 aromatic heterocycles. The lowest BCUT2D eigenvalue weighted by atomic mass is 10.1. The first-order valence-electron chi connectivity index (χ1n) is 6.60. The lowest BCUT2D eigenvalue weighted by molar-refractivity contribution is 0.410. The van der Waals surface area contributed by atoms with Crippen LogP contribution in [0.25, 0.3) is 0 Å². The zero-order valence-electron chi connectivity index (χ0n) is 12.5. The Balaban J connectivity index is 2.38. The number of rotatable bonds is 5. The summed E-state index contributed by atoms with van der Waals surface area (Å²) in [6, 6.07) is 5.22. The summed E-state index contributed by atoms with van der Waals surface area (Å²) in [5, 5.41) is 6.60. The van der Waals surface area contributed by atoms with Crippen molar-refractivity contribution in [3.8, 4) is 5.75 Å². The third-order valence-corrected chi connectivity index (χ3v) is 4.89. The molecule has 0 aliphatic rings. The number of aryl methyl sites for hydroxylation is 3. The largest absolute Gasteiger partial charge is 0.496 e. The number of sulfonamides is 1. The zero-order chi connectivity index (χ0) is 15.6. The van der Waals surface area contributed by atoms with Crippen LogP contribution in [0, 0.1) is 13.8 Å². The molecule has 0 spiro atoms. The van der Waals surface area contributed by atoms with Gasteiger partial charge in [-0.3, -0.25) is 9.82 Å². The van der Waals surface area contributed by atoms with E-state index in [4.69, 9.17) is 4.74 Å². The molecular weight excluding hydrogens is 290 g/mol. The number of anilines is 1. The Hall–Kier alpha value is -2.02. The first-order valence-corrected chi connectivity index (χ1v) is 8.08.